The van der Waals surface area contributed by atoms with E-state index < -0.39 is 0 Å². The summed E-state index contributed by atoms with van der Waals surface area (Å²) in [6, 6.07) is 87.8. The Balaban J connectivity index is 0.000000137. The zero-order chi connectivity index (χ0) is 50.8. The third-order valence-electron chi connectivity index (χ3n) is 14.7. The SMILES string of the molecule is c1ccc(-c2nc3ccc(-c4ccc5c(c4)oc4ccccc45)cc3nc2-c2ccccc2)cc1.c1ccc(-n2c3ccccc3c3ccc(-c4nc(-c5ccc6c(c5)oc5ccccc56)cc5ncccc45)cc32)cc1. The average Bonchev–Trinajstić information content (AvgIpc) is 4.21. The minimum absolute atomic E-state index is 0.854. The fourth-order valence-corrected chi connectivity index (χ4v) is 11.0. The molecule has 0 aliphatic rings. The summed E-state index contributed by atoms with van der Waals surface area (Å²) < 4.78 is 14.7. The lowest BCUT2D eigenvalue weighted by molar-refractivity contribution is 0.668. The van der Waals surface area contributed by atoms with Gasteiger partial charge in [-0.05, 0) is 102 Å². The topological polar surface area (TPSA) is 82.8 Å². The van der Waals surface area contributed by atoms with Gasteiger partial charge in [-0.2, -0.15) is 0 Å². The monoisotopic (exact) mass is 985 g/mol. The summed E-state index contributed by atoms with van der Waals surface area (Å²) in [6.45, 7) is 0. The van der Waals surface area contributed by atoms with Gasteiger partial charge in [0.1, 0.15) is 22.3 Å². The lowest BCUT2D eigenvalue weighted by Crippen LogP contribution is -1.95. The first kappa shape index (κ1) is 44.0. The number of aromatic nitrogens is 5. The molecule has 16 aromatic rings. The largest absolute Gasteiger partial charge is 0.456 e. The highest BCUT2D eigenvalue weighted by Gasteiger charge is 2.19. The number of hydrogen-bond donors (Lipinski definition) is 0. The second kappa shape index (κ2) is 18.2. The van der Waals surface area contributed by atoms with E-state index in [1.165, 1.54) is 16.3 Å². The van der Waals surface area contributed by atoms with Gasteiger partial charge in [-0.15, -0.1) is 0 Å². The van der Waals surface area contributed by atoms with Crippen molar-refractivity contribution in [2.24, 2.45) is 0 Å². The van der Waals surface area contributed by atoms with Crippen LogP contribution < -0.4 is 0 Å². The molecular weight excluding hydrogens is 943 g/mol. The molecule has 0 saturated carbocycles. The molecule has 0 amide bonds. The summed E-state index contributed by atoms with van der Waals surface area (Å²) in [5.74, 6) is 0. The Labute approximate surface area is 441 Å². The normalized spacial score (nSPS) is 11.6. The zero-order valence-corrected chi connectivity index (χ0v) is 41.4. The summed E-state index contributed by atoms with van der Waals surface area (Å²) in [5, 5.41) is 7.96. The van der Waals surface area contributed by atoms with Gasteiger partial charge < -0.3 is 13.4 Å². The highest BCUT2D eigenvalue weighted by atomic mass is 16.3. The van der Waals surface area contributed by atoms with Gasteiger partial charge in [0.15, 0.2) is 0 Å². The van der Waals surface area contributed by atoms with E-state index in [1.54, 1.807) is 0 Å². The molecule has 10 aromatic carbocycles. The number of pyridine rings is 2. The van der Waals surface area contributed by atoms with Crippen molar-refractivity contribution in [2.75, 3.05) is 0 Å². The second-order valence-electron chi connectivity index (χ2n) is 19.3. The molecule has 0 aliphatic carbocycles. The van der Waals surface area contributed by atoms with E-state index >= 15 is 0 Å². The molecule has 0 aliphatic heterocycles. The van der Waals surface area contributed by atoms with E-state index in [-0.39, 0.29) is 0 Å². The summed E-state index contributed by atoms with van der Waals surface area (Å²) in [6.07, 6.45) is 1.84. The maximum atomic E-state index is 6.20. The molecule has 77 heavy (non-hydrogen) atoms. The predicted octanol–water partition coefficient (Wildman–Crippen LogP) is 18.5. The first-order valence-corrected chi connectivity index (χ1v) is 25.8. The fraction of sp³-hybridized carbons (Fsp3) is 0. The van der Waals surface area contributed by atoms with Crippen molar-refractivity contribution in [3.63, 3.8) is 0 Å². The molecule has 7 heteroatoms. The van der Waals surface area contributed by atoms with Crippen LogP contribution in [0.2, 0.25) is 0 Å². The molecule has 0 radical (unpaired) electrons. The number of fused-ring (bicyclic) bond motifs is 11. The van der Waals surface area contributed by atoms with E-state index in [1.807, 2.05) is 85.1 Å². The maximum absolute atomic E-state index is 6.20. The van der Waals surface area contributed by atoms with Gasteiger partial charge in [0, 0.05) is 71.8 Å². The lowest BCUT2D eigenvalue weighted by Gasteiger charge is -2.11. The van der Waals surface area contributed by atoms with Crippen LogP contribution in [0.3, 0.4) is 0 Å². The standard InChI is InChI=1S/C38H23N3O.C32H20N2O/c1-2-9-26(10-3-1)41-34-14-6-4-11-27(34)28-18-17-25(21-35(28)41)38-31-13-8-20-39-33(31)23-32(40-38)24-16-19-30-29-12-5-7-15-36(29)42-37(30)22-24;1-3-9-21(10-4-1)31-32(22-11-5-2-6-12-22)34-28-19-23(16-18-27(28)33-31)24-15-17-26-25-13-7-8-14-29(25)35-30(26)20-24/h1-23H;1-20H. The second-order valence-corrected chi connectivity index (χ2v) is 19.3. The van der Waals surface area contributed by atoms with Gasteiger partial charge in [-0.25, -0.2) is 15.0 Å². The summed E-state index contributed by atoms with van der Waals surface area (Å²) in [5.41, 5.74) is 19.5. The minimum atomic E-state index is 0.854. The molecule has 0 atom stereocenters. The van der Waals surface area contributed by atoms with Gasteiger partial charge in [-0.3, -0.25) is 4.98 Å². The van der Waals surface area contributed by atoms with Crippen LogP contribution in [0.25, 0.3) is 149 Å². The Hall–Kier alpha value is -10.5. The molecule has 0 N–H and O–H groups in total. The third-order valence-corrected chi connectivity index (χ3v) is 14.7. The Bertz CT molecular complexity index is 4930. The van der Waals surface area contributed by atoms with Crippen molar-refractivity contribution < 1.29 is 8.83 Å². The minimum Gasteiger partial charge on any atom is -0.456 e. The van der Waals surface area contributed by atoms with Crippen molar-refractivity contribution in [3.8, 4) is 61.8 Å². The van der Waals surface area contributed by atoms with Crippen LogP contribution >= 0.6 is 0 Å². The van der Waals surface area contributed by atoms with E-state index in [0.717, 1.165) is 133 Å². The summed E-state index contributed by atoms with van der Waals surface area (Å²) in [7, 11) is 0. The van der Waals surface area contributed by atoms with Crippen molar-refractivity contribution >= 4 is 87.6 Å². The van der Waals surface area contributed by atoms with E-state index in [4.69, 9.17) is 28.8 Å². The quantitative estimate of drug-likeness (QED) is 0.165. The number of hydrogen-bond acceptors (Lipinski definition) is 6. The number of furan rings is 2. The Kier molecular flexibility index (Phi) is 10.4. The smallest absolute Gasteiger partial charge is 0.136 e. The van der Waals surface area contributed by atoms with Crippen LogP contribution in [0.4, 0.5) is 0 Å². The van der Waals surface area contributed by atoms with Crippen molar-refractivity contribution in [2.45, 2.75) is 0 Å². The van der Waals surface area contributed by atoms with Crippen LogP contribution in [0.1, 0.15) is 0 Å². The molecule has 6 aromatic heterocycles. The fourth-order valence-electron chi connectivity index (χ4n) is 11.0. The lowest BCUT2D eigenvalue weighted by atomic mass is 10.0. The first-order chi connectivity index (χ1) is 38.1. The third kappa shape index (κ3) is 7.68. The van der Waals surface area contributed by atoms with Crippen LogP contribution in [-0.2, 0) is 0 Å². The number of para-hydroxylation sites is 4. The van der Waals surface area contributed by atoms with Gasteiger partial charge in [0.05, 0.1) is 50.4 Å². The van der Waals surface area contributed by atoms with Gasteiger partial charge in [0.25, 0.3) is 0 Å². The predicted molar refractivity (Wildman–Crippen MR) is 315 cm³/mol. The highest BCUT2D eigenvalue weighted by Crippen LogP contribution is 2.40. The van der Waals surface area contributed by atoms with Gasteiger partial charge in [-0.1, -0.05) is 164 Å². The Morgan fingerprint density at radius 3 is 1.48 bits per heavy atom. The molecule has 6 heterocycles. The van der Waals surface area contributed by atoms with Crippen molar-refractivity contribution in [1.82, 2.24) is 24.5 Å². The molecule has 0 spiro atoms. The van der Waals surface area contributed by atoms with E-state index in [2.05, 4.69) is 180 Å². The summed E-state index contributed by atoms with van der Waals surface area (Å²) >= 11 is 0. The molecule has 7 nitrogen and oxygen atoms in total. The molecule has 0 bridgehead atoms. The maximum Gasteiger partial charge on any atom is 0.136 e. The number of benzene rings is 10. The van der Waals surface area contributed by atoms with E-state index in [0.29, 0.717) is 0 Å². The van der Waals surface area contributed by atoms with Crippen molar-refractivity contribution in [3.05, 3.63) is 261 Å². The first-order valence-electron chi connectivity index (χ1n) is 25.8. The Morgan fingerprint density at radius 2 is 0.779 bits per heavy atom. The average molecular weight is 986 g/mol. The number of nitrogens with zero attached hydrogens (tertiary/aromatic N) is 5. The molecule has 0 fully saturated rings. The molecule has 360 valence electrons. The van der Waals surface area contributed by atoms with Gasteiger partial charge in [0.2, 0.25) is 0 Å². The van der Waals surface area contributed by atoms with Crippen LogP contribution in [0.15, 0.2) is 270 Å². The van der Waals surface area contributed by atoms with E-state index in [9.17, 15) is 0 Å². The number of rotatable bonds is 6. The van der Waals surface area contributed by atoms with Crippen molar-refractivity contribution in [1.29, 1.82) is 0 Å². The molecule has 0 unspecified atom stereocenters. The molecule has 16 rings (SSSR count). The highest BCUT2D eigenvalue weighted by molar-refractivity contribution is 6.11. The zero-order valence-electron chi connectivity index (χ0n) is 41.4. The summed E-state index contributed by atoms with van der Waals surface area (Å²) in [4.78, 5) is 20.2. The van der Waals surface area contributed by atoms with Crippen LogP contribution in [0, 0.1) is 0 Å². The van der Waals surface area contributed by atoms with Gasteiger partial charge >= 0.3 is 0 Å². The molecular formula is C70H43N5O2. The molecule has 0 saturated heterocycles. The Morgan fingerprint density at radius 1 is 0.273 bits per heavy atom. The van der Waals surface area contributed by atoms with Crippen LogP contribution in [-0.4, -0.2) is 24.5 Å². The van der Waals surface area contributed by atoms with Crippen LogP contribution in [0.5, 0.6) is 0 Å².